The number of hydrogen-bond acceptors (Lipinski definition) is 4. The summed E-state index contributed by atoms with van der Waals surface area (Å²) in [7, 11) is 1.96. The van der Waals surface area contributed by atoms with E-state index < -0.39 is 0 Å². The molecule has 0 aromatic heterocycles. The minimum absolute atomic E-state index is 0.0515. The lowest BCUT2D eigenvalue weighted by Crippen LogP contribution is -2.37. The molecule has 5 heteroatoms. The van der Waals surface area contributed by atoms with Crippen LogP contribution in [0.15, 0.2) is 24.3 Å². The van der Waals surface area contributed by atoms with Crippen LogP contribution in [0, 0.1) is 0 Å². The molecule has 0 spiro atoms. The van der Waals surface area contributed by atoms with E-state index in [1.807, 2.05) is 24.1 Å². The number of likely N-dealkylation sites (tertiary alicyclic amines) is 2. The van der Waals surface area contributed by atoms with Crippen molar-refractivity contribution in [1.82, 2.24) is 9.80 Å². The van der Waals surface area contributed by atoms with Gasteiger partial charge in [0, 0.05) is 24.8 Å². The van der Waals surface area contributed by atoms with Crippen LogP contribution in [-0.4, -0.2) is 54.5 Å². The van der Waals surface area contributed by atoms with Gasteiger partial charge in [0.15, 0.2) is 0 Å². The van der Waals surface area contributed by atoms with E-state index in [2.05, 4.69) is 22.3 Å². The Bertz CT molecular complexity index is 542. The first-order chi connectivity index (χ1) is 11.1. The van der Waals surface area contributed by atoms with Gasteiger partial charge in [0.05, 0.1) is 6.04 Å². The van der Waals surface area contributed by atoms with Gasteiger partial charge in [0.2, 0.25) is 5.91 Å². The van der Waals surface area contributed by atoms with Gasteiger partial charge in [-0.2, -0.15) is 0 Å². The highest BCUT2D eigenvalue weighted by Crippen LogP contribution is 2.19. The average molecular weight is 316 g/mol. The second kappa shape index (κ2) is 7.43. The van der Waals surface area contributed by atoms with Crippen LogP contribution in [0.25, 0.3) is 0 Å². The van der Waals surface area contributed by atoms with E-state index in [9.17, 15) is 4.79 Å². The van der Waals surface area contributed by atoms with Gasteiger partial charge in [0.1, 0.15) is 0 Å². The Balaban J connectivity index is 1.59. The van der Waals surface area contributed by atoms with E-state index in [0.717, 1.165) is 25.2 Å². The van der Waals surface area contributed by atoms with Gasteiger partial charge in [-0.1, -0.05) is 18.6 Å². The summed E-state index contributed by atoms with van der Waals surface area (Å²) < 4.78 is 0. The van der Waals surface area contributed by atoms with Gasteiger partial charge >= 0.3 is 0 Å². The topological polar surface area (TPSA) is 61.6 Å². The van der Waals surface area contributed by atoms with Crippen LogP contribution in [0.1, 0.15) is 31.2 Å². The average Bonchev–Trinajstić information content (AvgIpc) is 2.87. The van der Waals surface area contributed by atoms with Crippen LogP contribution < -0.4 is 11.1 Å². The second-order valence-electron chi connectivity index (χ2n) is 6.98. The van der Waals surface area contributed by atoms with Crippen molar-refractivity contribution in [2.45, 2.75) is 44.3 Å². The molecule has 2 atom stereocenters. The minimum Gasteiger partial charge on any atom is -0.326 e. The summed E-state index contributed by atoms with van der Waals surface area (Å²) in [6.45, 7) is 4.12. The molecule has 2 aliphatic heterocycles. The first-order valence-electron chi connectivity index (χ1n) is 8.70. The molecule has 0 unspecified atom stereocenters. The van der Waals surface area contributed by atoms with Gasteiger partial charge in [-0.05, 0) is 57.1 Å². The third kappa shape index (κ3) is 4.31. The van der Waals surface area contributed by atoms with Crippen LogP contribution in [-0.2, 0) is 11.3 Å². The fourth-order valence-electron chi connectivity index (χ4n) is 3.69. The van der Waals surface area contributed by atoms with Crippen LogP contribution in [0.2, 0.25) is 0 Å². The molecule has 126 valence electrons. The molecule has 0 saturated carbocycles. The standard InChI is InChI=1S/C18H28N4O/c1-21-13-15(19)11-17(21)18(23)20-16-7-5-6-14(10-16)12-22-8-3-2-4-9-22/h5-7,10,15,17H,2-4,8-9,11-13,19H2,1H3,(H,20,23)/t15-,17-/m0/s1. The molecule has 2 aliphatic rings. The minimum atomic E-state index is -0.115. The Morgan fingerprint density at radius 2 is 2.09 bits per heavy atom. The largest absolute Gasteiger partial charge is 0.326 e. The van der Waals surface area contributed by atoms with Crippen molar-refractivity contribution in [3.8, 4) is 0 Å². The maximum absolute atomic E-state index is 12.5. The lowest BCUT2D eigenvalue weighted by atomic mass is 10.1. The molecule has 2 fully saturated rings. The predicted octanol–water partition coefficient (Wildman–Crippen LogP) is 1.64. The van der Waals surface area contributed by atoms with Gasteiger partial charge in [-0.3, -0.25) is 14.6 Å². The number of hydrogen-bond donors (Lipinski definition) is 2. The number of nitrogens with one attached hydrogen (secondary N) is 1. The Morgan fingerprint density at radius 3 is 2.78 bits per heavy atom. The Labute approximate surface area is 138 Å². The van der Waals surface area contributed by atoms with Crippen LogP contribution in [0.3, 0.4) is 0 Å². The molecule has 0 bridgehead atoms. The Kier molecular flexibility index (Phi) is 5.30. The number of piperidine rings is 1. The first kappa shape index (κ1) is 16.4. The molecule has 0 radical (unpaired) electrons. The molecule has 23 heavy (non-hydrogen) atoms. The van der Waals surface area contributed by atoms with Gasteiger partial charge < -0.3 is 11.1 Å². The van der Waals surface area contributed by atoms with E-state index in [1.165, 1.54) is 37.9 Å². The van der Waals surface area contributed by atoms with Gasteiger partial charge in [0.25, 0.3) is 0 Å². The van der Waals surface area contributed by atoms with E-state index >= 15 is 0 Å². The van der Waals surface area contributed by atoms with Crippen LogP contribution >= 0.6 is 0 Å². The van der Waals surface area contributed by atoms with Gasteiger partial charge in [-0.15, -0.1) is 0 Å². The Hall–Kier alpha value is -1.43. The maximum Gasteiger partial charge on any atom is 0.241 e. The molecule has 0 aliphatic carbocycles. The van der Waals surface area contributed by atoms with Crippen molar-refractivity contribution in [2.75, 3.05) is 32.0 Å². The summed E-state index contributed by atoms with van der Waals surface area (Å²) in [6.07, 6.45) is 4.68. The number of amides is 1. The number of anilines is 1. The maximum atomic E-state index is 12.5. The molecule has 3 N–H and O–H groups in total. The zero-order valence-corrected chi connectivity index (χ0v) is 14.0. The number of rotatable bonds is 4. The number of benzene rings is 1. The highest BCUT2D eigenvalue weighted by molar-refractivity contribution is 5.95. The number of carbonyl (C=O) groups excluding carboxylic acids is 1. The predicted molar refractivity (Wildman–Crippen MR) is 93.2 cm³/mol. The lowest BCUT2D eigenvalue weighted by molar-refractivity contribution is -0.119. The van der Waals surface area contributed by atoms with Crippen molar-refractivity contribution in [2.24, 2.45) is 5.73 Å². The molecule has 2 heterocycles. The summed E-state index contributed by atoms with van der Waals surface area (Å²) in [5, 5.41) is 3.06. The summed E-state index contributed by atoms with van der Waals surface area (Å²) in [4.78, 5) is 17.0. The zero-order chi connectivity index (χ0) is 16.2. The number of likely N-dealkylation sites (N-methyl/N-ethyl adjacent to an activating group) is 1. The van der Waals surface area contributed by atoms with E-state index in [0.29, 0.717) is 0 Å². The molecule has 1 aromatic carbocycles. The number of nitrogens with zero attached hydrogens (tertiary/aromatic N) is 2. The van der Waals surface area contributed by atoms with E-state index in [4.69, 9.17) is 5.73 Å². The highest BCUT2D eigenvalue weighted by Gasteiger charge is 2.32. The fourth-order valence-corrected chi connectivity index (χ4v) is 3.69. The number of carbonyl (C=O) groups is 1. The Morgan fingerprint density at radius 1 is 1.30 bits per heavy atom. The molecule has 2 saturated heterocycles. The van der Waals surface area contributed by atoms with Crippen molar-refractivity contribution >= 4 is 11.6 Å². The molecule has 1 aromatic rings. The fraction of sp³-hybridized carbons (Fsp3) is 0.611. The summed E-state index contributed by atoms with van der Waals surface area (Å²) >= 11 is 0. The summed E-state index contributed by atoms with van der Waals surface area (Å²) in [5.74, 6) is 0.0515. The van der Waals surface area contributed by atoms with Gasteiger partial charge in [-0.25, -0.2) is 0 Å². The molecule has 5 nitrogen and oxygen atoms in total. The van der Waals surface area contributed by atoms with E-state index in [1.54, 1.807) is 0 Å². The van der Waals surface area contributed by atoms with Crippen LogP contribution in [0.4, 0.5) is 5.69 Å². The first-order valence-corrected chi connectivity index (χ1v) is 8.70. The molecule has 1 amide bonds. The number of nitrogens with two attached hydrogens (primary N) is 1. The van der Waals surface area contributed by atoms with E-state index in [-0.39, 0.29) is 18.0 Å². The van der Waals surface area contributed by atoms with Crippen LogP contribution in [0.5, 0.6) is 0 Å². The van der Waals surface area contributed by atoms with Crippen molar-refractivity contribution in [1.29, 1.82) is 0 Å². The molecular formula is C18H28N4O. The normalized spacial score (nSPS) is 26.3. The third-order valence-electron chi connectivity index (χ3n) is 4.93. The quantitative estimate of drug-likeness (QED) is 0.886. The van der Waals surface area contributed by atoms with Crippen molar-refractivity contribution in [3.05, 3.63) is 29.8 Å². The zero-order valence-electron chi connectivity index (χ0n) is 14.0. The molecule has 3 rings (SSSR count). The highest BCUT2D eigenvalue weighted by atomic mass is 16.2. The monoisotopic (exact) mass is 316 g/mol. The smallest absolute Gasteiger partial charge is 0.241 e. The SMILES string of the molecule is CN1C[C@@H](N)C[C@H]1C(=O)Nc1cccc(CN2CCCCC2)c1. The lowest BCUT2D eigenvalue weighted by Gasteiger charge is -2.26. The van der Waals surface area contributed by atoms with Crippen molar-refractivity contribution < 1.29 is 4.79 Å². The summed E-state index contributed by atoms with van der Waals surface area (Å²) in [5.41, 5.74) is 8.10. The van der Waals surface area contributed by atoms with Crippen molar-refractivity contribution in [3.63, 3.8) is 0 Å². The second-order valence-corrected chi connectivity index (χ2v) is 6.98. The third-order valence-corrected chi connectivity index (χ3v) is 4.93. The summed E-state index contributed by atoms with van der Waals surface area (Å²) in [6, 6.07) is 8.21. The molecular weight excluding hydrogens is 288 g/mol.